The van der Waals surface area contributed by atoms with Crippen LogP contribution in [0.4, 0.5) is 0 Å². The Bertz CT molecular complexity index is 516. The molecule has 1 fully saturated rings. The topological polar surface area (TPSA) is 93.8 Å². The highest BCUT2D eigenvalue weighted by molar-refractivity contribution is 5.16. The lowest BCUT2D eigenvalue weighted by Crippen LogP contribution is -2.45. The Morgan fingerprint density at radius 3 is 3.12 bits per heavy atom. The van der Waals surface area contributed by atoms with Crippen molar-refractivity contribution in [1.29, 1.82) is 0 Å². The van der Waals surface area contributed by atoms with Gasteiger partial charge in [-0.2, -0.15) is 4.98 Å². The number of ether oxygens (including phenoxy) is 2. The smallest absolute Gasteiger partial charge is 0.302 e. The van der Waals surface area contributed by atoms with Crippen molar-refractivity contribution in [3.63, 3.8) is 0 Å². The highest BCUT2D eigenvalue weighted by Crippen LogP contribution is 2.46. The molecule has 2 N–H and O–H groups in total. The third kappa shape index (κ3) is 1.27. The summed E-state index contributed by atoms with van der Waals surface area (Å²) >= 11 is 0. The van der Waals surface area contributed by atoms with Gasteiger partial charge in [0.2, 0.25) is 0 Å². The maximum absolute atomic E-state index is 11.1. The molecule has 1 aromatic heterocycles. The minimum Gasteiger partial charge on any atom is -0.450 e. The van der Waals surface area contributed by atoms with Gasteiger partial charge in [-0.15, -0.1) is 0 Å². The number of aliphatic hydroxyl groups excluding tert-OH is 2. The van der Waals surface area contributed by atoms with Crippen molar-refractivity contribution in [3.05, 3.63) is 22.6 Å². The lowest BCUT2D eigenvalue weighted by atomic mass is 9.97. The maximum Gasteiger partial charge on any atom is 0.302 e. The lowest BCUT2D eigenvalue weighted by Gasteiger charge is -2.24. The van der Waals surface area contributed by atoms with Crippen LogP contribution in [-0.4, -0.2) is 44.2 Å². The van der Waals surface area contributed by atoms with Crippen molar-refractivity contribution in [2.45, 2.75) is 31.0 Å². The van der Waals surface area contributed by atoms with Gasteiger partial charge in [0.25, 0.3) is 5.56 Å². The van der Waals surface area contributed by atoms with E-state index in [0.29, 0.717) is 0 Å². The van der Waals surface area contributed by atoms with Crippen LogP contribution in [0.25, 0.3) is 0 Å². The zero-order valence-electron chi connectivity index (χ0n) is 9.11. The molecule has 0 aliphatic carbocycles. The summed E-state index contributed by atoms with van der Waals surface area (Å²) in [7, 11) is 0. The molecule has 0 spiro atoms. The molecule has 3 heterocycles. The average Bonchev–Trinajstić information content (AvgIpc) is 2.69. The lowest BCUT2D eigenvalue weighted by molar-refractivity contribution is -0.0457. The van der Waals surface area contributed by atoms with Gasteiger partial charge in [-0.05, 0) is 6.92 Å². The van der Waals surface area contributed by atoms with Gasteiger partial charge in [-0.25, -0.2) is 0 Å². The molecule has 7 nitrogen and oxygen atoms in total. The number of aromatic nitrogens is 2. The Hall–Kier alpha value is -1.44. The molecular formula is C10H12N2O5. The number of nitrogens with zero attached hydrogens (tertiary/aromatic N) is 2. The van der Waals surface area contributed by atoms with Crippen LogP contribution in [0.2, 0.25) is 0 Å². The van der Waals surface area contributed by atoms with Gasteiger partial charge in [0.1, 0.15) is 12.2 Å². The van der Waals surface area contributed by atoms with E-state index >= 15 is 0 Å². The van der Waals surface area contributed by atoms with Crippen molar-refractivity contribution in [2.24, 2.45) is 0 Å². The normalized spacial score (nSPS) is 38.6. The fourth-order valence-corrected chi connectivity index (χ4v) is 2.33. The van der Waals surface area contributed by atoms with E-state index < -0.39 is 29.6 Å². The first-order chi connectivity index (χ1) is 8.06. The molecule has 1 saturated heterocycles. The van der Waals surface area contributed by atoms with Gasteiger partial charge in [0, 0.05) is 12.3 Å². The number of hydrogen-bond acceptors (Lipinski definition) is 6. The van der Waals surface area contributed by atoms with E-state index in [2.05, 4.69) is 4.98 Å². The summed E-state index contributed by atoms with van der Waals surface area (Å²) in [6, 6.07) is 1.42. The predicted octanol–water partition coefficient (Wildman–Crippen LogP) is -1.36. The maximum atomic E-state index is 11.1. The van der Waals surface area contributed by atoms with Gasteiger partial charge in [0.15, 0.2) is 11.8 Å². The van der Waals surface area contributed by atoms with Crippen LogP contribution in [-0.2, 0) is 4.74 Å². The van der Waals surface area contributed by atoms with Crippen LogP contribution in [0.3, 0.4) is 0 Å². The molecule has 0 bridgehead atoms. The molecule has 0 amide bonds. The minimum absolute atomic E-state index is 0.125. The summed E-state index contributed by atoms with van der Waals surface area (Å²) in [6.07, 6.45) is -0.753. The first-order valence-corrected chi connectivity index (χ1v) is 5.29. The first-order valence-electron chi connectivity index (χ1n) is 5.29. The molecule has 0 aromatic carbocycles. The van der Waals surface area contributed by atoms with Gasteiger partial charge >= 0.3 is 6.01 Å². The van der Waals surface area contributed by atoms with Crippen LogP contribution in [0.1, 0.15) is 13.2 Å². The Morgan fingerprint density at radius 2 is 2.41 bits per heavy atom. The van der Waals surface area contributed by atoms with E-state index in [1.165, 1.54) is 12.3 Å². The Labute approximate surface area is 96.2 Å². The summed E-state index contributed by atoms with van der Waals surface area (Å²) in [5.41, 5.74) is -1.44. The van der Waals surface area contributed by atoms with Crippen LogP contribution in [0.5, 0.6) is 6.01 Å². The van der Waals surface area contributed by atoms with Gasteiger partial charge in [-0.3, -0.25) is 9.36 Å². The second kappa shape index (κ2) is 3.28. The molecule has 1 aromatic rings. The van der Waals surface area contributed by atoms with Crippen LogP contribution < -0.4 is 10.3 Å². The van der Waals surface area contributed by atoms with Crippen LogP contribution >= 0.6 is 0 Å². The van der Waals surface area contributed by atoms with Crippen LogP contribution in [0, 0.1) is 0 Å². The molecular weight excluding hydrogens is 228 g/mol. The van der Waals surface area contributed by atoms with E-state index in [4.69, 9.17) is 14.6 Å². The van der Waals surface area contributed by atoms with E-state index in [1.54, 1.807) is 11.5 Å². The Balaban J connectivity index is 2.07. The monoisotopic (exact) mass is 240 g/mol. The zero-order valence-corrected chi connectivity index (χ0v) is 9.11. The van der Waals surface area contributed by atoms with E-state index in [1.807, 2.05) is 0 Å². The Kier molecular flexibility index (Phi) is 2.07. The third-order valence-electron chi connectivity index (χ3n) is 3.28. The van der Waals surface area contributed by atoms with Crippen molar-refractivity contribution in [3.8, 4) is 6.01 Å². The van der Waals surface area contributed by atoms with E-state index in [0.717, 1.165) is 0 Å². The second-order valence-electron chi connectivity index (χ2n) is 4.40. The third-order valence-corrected chi connectivity index (χ3v) is 3.28. The summed E-state index contributed by atoms with van der Waals surface area (Å²) < 4.78 is 12.6. The highest BCUT2D eigenvalue weighted by atomic mass is 16.6. The highest BCUT2D eigenvalue weighted by Gasteiger charge is 2.60. The van der Waals surface area contributed by atoms with Gasteiger partial charge < -0.3 is 19.7 Å². The first kappa shape index (κ1) is 10.7. The number of aliphatic hydroxyl groups is 2. The zero-order chi connectivity index (χ0) is 12.2. The number of rotatable bonds is 1. The Morgan fingerprint density at radius 1 is 1.65 bits per heavy atom. The minimum atomic E-state index is -1.03. The van der Waals surface area contributed by atoms with Crippen molar-refractivity contribution < 1.29 is 19.7 Å². The van der Waals surface area contributed by atoms with Crippen molar-refractivity contribution in [2.75, 3.05) is 6.61 Å². The molecule has 0 radical (unpaired) electrons. The largest absolute Gasteiger partial charge is 0.450 e. The van der Waals surface area contributed by atoms with Crippen molar-refractivity contribution in [1.82, 2.24) is 9.55 Å². The predicted molar refractivity (Wildman–Crippen MR) is 54.5 cm³/mol. The molecule has 3 rings (SSSR count). The van der Waals surface area contributed by atoms with Crippen LogP contribution in [0.15, 0.2) is 17.1 Å². The standard InChI is InChI=1S/C10H12N2O5/c1-10-7(15)5(4-13)16-8(10)12-3-2-6(14)11-9(12)17-10/h2-3,5,7-8,13,15H,4H2,1H3. The summed E-state index contributed by atoms with van der Waals surface area (Å²) in [4.78, 5) is 14.8. The number of fused-ring (bicyclic) bond motifs is 3. The average molecular weight is 240 g/mol. The fraction of sp³-hybridized carbons (Fsp3) is 0.600. The summed E-state index contributed by atoms with van der Waals surface area (Å²) in [6.45, 7) is 1.37. The number of hydrogen-bond donors (Lipinski definition) is 2. The molecule has 2 aliphatic heterocycles. The van der Waals surface area contributed by atoms with Gasteiger partial charge in [-0.1, -0.05) is 0 Å². The molecule has 92 valence electrons. The molecule has 4 atom stereocenters. The molecule has 17 heavy (non-hydrogen) atoms. The molecule has 4 unspecified atom stereocenters. The fourth-order valence-electron chi connectivity index (χ4n) is 2.33. The van der Waals surface area contributed by atoms with Gasteiger partial charge in [0.05, 0.1) is 6.61 Å². The quantitative estimate of drug-likeness (QED) is 0.630. The van der Waals surface area contributed by atoms with E-state index in [-0.39, 0.29) is 12.6 Å². The molecule has 2 aliphatic rings. The summed E-state index contributed by atoms with van der Waals surface area (Å²) in [5.74, 6) is 0. The SMILES string of the molecule is CC12Oc3nc(=O)ccn3C1OC(CO)C2O. The molecule has 7 heteroatoms. The second-order valence-corrected chi connectivity index (χ2v) is 4.40. The van der Waals surface area contributed by atoms with E-state index in [9.17, 15) is 9.90 Å². The summed E-state index contributed by atoms with van der Waals surface area (Å²) in [5, 5.41) is 19.1. The van der Waals surface area contributed by atoms with Crippen molar-refractivity contribution >= 4 is 0 Å². The molecule has 0 saturated carbocycles.